The molecule has 1 atom stereocenters. The molecule has 8 heteroatoms. The van der Waals surface area contributed by atoms with Gasteiger partial charge in [-0.15, -0.1) is 0 Å². The van der Waals surface area contributed by atoms with Crippen molar-refractivity contribution in [3.8, 4) is 10.4 Å². The molecule has 1 aliphatic heterocycles. The molecule has 1 saturated heterocycles. The highest BCUT2D eigenvalue weighted by molar-refractivity contribution is 7.91. The lowest BCUT2D eigenvalue weighted by Crippen LogP contribution is -2.46. The number of anilines is 1. The fourth-order valence-electron chi connectivity index (χ4n) is 3.63. The summed E-state index contributed by atoms with van der Waals surface area (Å²) >= 11 is 1.44. The maximum absolute atomic E-state index is 13.3. The topological polar surface area (TPSA) is 79.4 Å². The van der Waals surface area contributed by atoms with Crippen LogP contribution in [0.5, 0.6) is 0 Å². The summed E-state index contributed by atoms with van der Waals surface area (Å²) in [6, 6.07) is 18.9. The zero-order chi connectivity index (χ0) is 21.1. The van der Waals surface area contributed by atoms with Crippen LogP contribution in [0.4, 0.5) is 5.13 Å². The van der Waals surface area contributed by atoms with E-state index in [0.29, 0.717) is 18.2 Å². The minimum absolute atomic E-state index is 0.0676. The number of rotatable bonds is 5. The second kappa shape index (κ2) is 8.67. The van der Waals surface area contributed by atoms with Gasteiger partial charge in [-0.05, 0) is 18.1 Å². The first-order chi connectivity index (χ1) is 14.4. The average Bonchev–Trinajstić information content (AvgIpc) is 3.11. The number of aromatic nitrogens is 1. The van der Waals surface area contributed by atoms with Crippen LogP contribution in [0.3, 0.4) is 0 Å². The van der Waals surface area contributed by atoms with Gasteiger partial charge < -0.3 is 5.32 Å². The van der Waals surface area contributed by atoms with E-state index >= 15 is 0 Å². The zero-order valence-corrected chi connectivity index (χ0v) is 18.2. The largest absolute Gasteiger partial charge is 0.300 e. The number of hydrogen-bond acceptors (Lipinski definition) is 6. The molecular formula is C22H23N3O3S2. The Kier molecular flexibility index (Phi) is 5.99. The van der Waals surface area contributed by atoms with Crippen molar-refractivity contribution >= 4 is 32.2 Å². The van der Waals surface area contributed by atoms with Crippen LogP contribution in [0.1, 0.15) is 17.3 Å². The van der Waals surface area contributed by atoms with E-state index in [4.69, 9.17) is 0 Å². The Morgan fingerprint density at radius 3 is 2.27 bits per heavy atom. The third-order valence-electron chi connectivity index (χ3n) is 5.17. The lowest BCUT2D eigenvalue weighted by Gasteiger charge is -2.33. The van der Waals surface area contributed by atoms with Crippen LogP contribution in [0.2, 0.25) is 0 Å². The Bertz CT molecular complexity index is 1110. The van der Waals surface area contributed by atoms with E-state index in [-0.39, 0.29) is 17.4 Å². The van der Waals surface area contributed by atoms with Gasteiger partial charge in [-0.25, -0.2) is 13.4 Å². The Labute approximate surface area is 180 Å². The number of nitrogens with one attached hydrogen (secondary N) is 1. The standard InChI is InChI=1S/C22H23N3O3S2/c1-16-20(18-10-6-3-7-11-18)29-22(23-16)24-21(26)19(17-8-4-2-5-9-17)25-12-14-30(27,28)15-13-25/h2-11,19H,12-15H2,1H3,(H,23,24,26). The summed E-state index contributed by atoms with van der Waals surface area (Å²) < 4.78 is 23.7. The highest BCUT2D eigenvalue weighted by Gasteiger charge is 2.33. The molecule has 6 nitrogen and oxygen atoms in total. The van der Waals surface area contributed by atoms with Crippen LogP contribution in [-0.2, 0) is 14.6 Å². The van der Waals surface area contributed by atoms with Crippen molar-refractivity contribution in [3.63, 3.8) is 0 Å². The molecule has 0 saturated carbocycles. The molecule has 1 aromatic heterocycles. The number of benzene rings is 2. The number of carbonyl (C=O) groups excluding carboxylic acids is 1. The molecule has 2 heterocycles. The third-order valence-corrected chi connectivity index (χ3v) is 7.90. The van der Waals surface area contributed by atoms with Gasteiger partial charge in [0.2, 0.25) is 5.91 Å². The zero-order valence-electron chi connectivity index (χ0n) is 16.6. The molecule has 1 aliphatic rings. The van der Waals surface area contributed by atoms with E-state index in [0.717, 1.165) is 21.7 Å². The van der Waals surface area contributed by atoms with E-state index in [9.17, 15) is 13.2 Å². The minimum Gasteiger partial charge on any atom is -0.300 e. The van der Waals surface area contributed by atoms with Gasteiger partial charge in [0, 0.05) is 13.1 Å². The van der Waals surface area contributed by atoms with Gasteiger partial charge in [0.05, 0.1) is 22.1 Å². The van der Waals surface area contributed by atoms with E-state index in [1.807, 2.05) is 72.5 Å². The first-order valence-electron chi connectivity index (χ1n) is 9.76. The number of carbonyl (C=O) groups is 1. The average molecular weight is 442 g/mol. The molecule has 4 rings (SSSR count). The molecule has 1 amide bonds. The number of amides is 1. The Hall–Kier alpha value is -2.55. The maximum atomic E-state index is 13.3. The van der Waals surface area contributed by atoms with E-state index in [2.05, 4.69) is 10.3 Å². The van der Waals surface area contributed by atoms with Crippen molar-refractivity contribution in [2.24, 2.45) is 0 Å². The van der Waals surface area contributed by atoms with Gasteiger partial charge in [0.1, 0.15) is 6.04 Å². The molecule has 0 aliphatic carbocycles. The molecule has 0 radical (unpaired) electrons. The highest BCUT2D eigenvalue weighted by atomic mass is 32.2. The van der Waals surface area contributed by atoms with Crippen molar-refractivity contribution in [1.82, 2.24) is 9.88 Å². The first-order valence-corrected chi connectivity index (χ1v) is 12.4. The molecule has 1 fully saturated rings. The molecule has 0 spiro atoms. The molecule has 30 heavy (non-hydrogen) atoms. The second-order valence-corrected chi connectivity index (χ2v) is 10.6. The number of thiazole rings is 1. The first kappa shape index (κ1) is 20.7. The molecule has 2 aromatic carbocycles. The van der Waals surface area contributed by atoms with E-state index < -0.39 is 15.9 Å². The Morgan fingerprint density at radius 2 is 1.63 bits per heavy atom. The number of aryl methyl sites for hydroxylation is 1. The van der Waals surface area contributed by atoms with Crippen LogP contribution in [-0.4, -0.2) is 48.8 Å². The summed E-state index contributed by atoms with van der Waals surface area (Å²) in [6.07, 6.45) is 0. The van der Waals surface area contributed by atoms with E-state index in [1.54, 1.807) is 0 Å². The quantitative estimate of drug-likeness (QED) is 0.655. The number of hydrogen-bond donors (Lipinski definition) is 1. The van der Waals surface area contributed by atoms with E-state index in [1.165, 1.54) is 11.3 Å². The highest BCUT2D eigenvalue weighted by Crippen LogP contribution is 2.33. The monoisotopic (exact) mass is 441 g/mol. The van der Waals surface area contributed by atoms with Gasteiger partial charge in [-0.3, -0.25) is 9.69 Å². The van der Waals surface area contributed by atoms with Crippen LogP contribution in [0.25, 0.3) is 10.4 Å². The van der Waals surface area contributed by atoms with Crippen molar-refractivity contribution < 1.29 is 13.2 Å². The Balaban J connectivity index is 1.58. The van der Waals surface area contributed by atoms with Crippen LogP contribution in [0, 0.1) is 6.92 Å². The normalized spacial score (nSPS) is 17.4. The lowest BCUT2D eigenvalue weighted by atomic mass is 10.0. The summed E-state index contributed by atoms with van der Waals surface area (Å²) in [6.45, 7) is 2.60. The third kappa shape index (κ3) is 4.61. The lowest BCUT2D eigenvalue weighted by molar-refractivity contribution is -0.121. The van der Waals surface area contributed by atoms with Gasteiger partial charge in [0.15, 0.2) is 15.0 Å². The van der Waals surface area contributed by atoms with Gasteiger partial charge in [-0.1, -0.05) is 72.0 Å². The van der Waals surface area contributed by atoms with Crippen LogP contribution < -0.4 is 5.32 Å². The van der Waals surface area contributed by atoms with Crippen molar-refractivity contribution in [1.29, 1.82) is 0 Å². The van der Waals surface area contributed by atoms with Crippen molar-refractivity contribution in [2.45, 2.75) is 13.0 Å². The summed E-state index contributed by atoms with van der Waals surface area (Å²) in [5.74, 6) is -0.0650. The summed E-state index contributed by atoms with van der Waals surface area (Å²) in [7, 11) is -3.03. The molecule has 156 valence electrons. The minimum atomic E-state index is -3.03. The van der Waals surface area contributed by atoms with Gasteiger partial charge in [0.25, 0.3) is 0 Å². The molecule has 1 unspecified atom stereocenters. The smallest absolute Gasteiger partial charge is 0.248 e. The SMILES string of the molecule is Cc1nc(NC(=O)C(c2ccccc2)N2CCS(=O)(=O)CC2)sc1-c1ccccc1. The van der Waals surface area contributed by atoms with Crippen molar-refractivity contribution in [3.05, 3.63) is 71.9 Å². The fraction of sp³-hybridized carbons (Fsp3) is 0.273. The summed E-state index contributed by atoms with van der Waals surface area (Å²) in [4.78, 5) is 20.8. The van der Waals surface area contributed by atoms with Crippen LogP contribution >= 0.6 is 11.3 Å². The number of sulfone groups is 1. The predicted molar refractivity (Wildman–Crippen MR) is 120 cm³/mol. The van der Waals surface area contributed by atoms with Crippen LogP contribution in [0.15, 0.2) is 60.7 Å². The second-order valence-electron chi connectivity index (χ2n) is 7.29. The Morgan fingerprint density at radius 1 is 1.03 bits per heavy atom. The molecular weight excluding hydrogens is 418 g/mol. The molecule has 1 N–H and O–H groups in total. The van der Waals surface area contributed by atoms with Gasteiger partial charge >= 0.3 is 0 Å². The predicted octanol–water partition coefficient (Wildman–Crippen LogP) is 3.53. The molecule has 0 bridgehead atoms. The number of nitrogens with zero attached hydrogens (tertiary/aromatic N) is 2. The molecule has 3 aromatic rings. The maximum Gasteiger partial charge on any atom is 0.248 e. The van der Waals surface area contributed by atoms with Crippen molar-refractivity contribution in [2.75, 3.05) is 29.9 Å². The summed E-state index contributed by atoms with van der Waals surface area (Å²) in [5.41, 5.74) is 2.77. The fourth-order valence-corrected chi connectivity index (χ4v) is 5.83. The summed E-state index contributed by atoms with van der Waals surface area (Å²) in [5, 5.41) is 3.51. The van der Waals surface area contributed by atoms with Gasteiger partial charge in [-0.2, -0.15) is 0 Å².